The number of aryl methyl sites for hydroxylation is 1. The van der Waals surface area contributed by atoms with Crippen molar-refractivity contribution in [3.05, 3.63) is 35.4 Å². The number of benzene rings is 1. The van der Waals surface area contributed by atoms with Crippen molar-refractivity contribution >= 4 is 6.29 Å². The minimum atomic E-state index is 0.132. The van der Waals surface area contributed by atoms with Crippen molar-refractivity contribution in [1.82, 2.24) is 0 Å². The Labute approximate surface area is 84.6 Å². The maximum atomic E-state index is 10.5. The summed E-state index contributed by atoms with van der Waals surface area (Å²) in [6.07, 6.45) is 2.07. The van der Waals surface area contributed by atoms with Gasteiger partial charge in [-0.25, -0.2) is 0 Å². The van der Waals surface area contributed by atoms with Crippen molar-refractivity contribution < 1.29 is 9.90 Å². The van der Waals surface area contributed by atoms with Gasteiger partial charge in [0.05, 0.1) is 0 Å². The summed E-state index contributed by atoms with van der Waals surface area (Å²) in [7, 11) is 0. The number of aliphatic hydroxyl groups excluding tert-OH is 1. The number of carbonyl (C=O) groups is 1. The lowest BCUT2D eigenvalue weighted by Gasteiger charge is -2.15. The second-order valence-electron chi connectivity index (χ2n) is 3.47. The molecular formula is C12H16O2. The summed E-state index contributed by atoms with van der Waals surface area (Å²) in [6, 6.07) is 8.01. The molecule has 2 heteroatoms. The predicted molar refractivity (Wildman–Crippen MR) is 56.3 cm³/mol. The molecule has 1 N–H and O–H groups in total. The van der Waals surface area contributed by atoms with Gasteiger partial charge in [0.25, 0.3) is 0 Å². The highest BCUT2D eigenvalue weighted by Gasteiger charge is 2.11. The Kier molecular flexibility index (Phi) is 4.33. The topological polar surface area (TPSA) is 37.3 Å². The standard InChI is InChI=1S/C12H16O2/c1-10-4-2-3-5-12(10)11(6-8-13)7-9-14/h2-5,8,11,14H,6-7,9H2,1H3. The normalized spacial score (nSPS) is 12.4. The van der Waals surface area contributed by atoms with Crippen LogP contribution in [-0.2, 0) is 4.79 Å². The minimum absolute atomic E-state index is 0.132. The molecule has 0 heterocycles. The molecule has 0 bridgehead atoms. The molecule has 0 saturated heterocycles. The lowest BCUT2D eigenvalue weighted by molar-refractivity contribution is -0.108. The molecule has 14 heavy (non-hydrogen) atoms. The molecule has 0 aliphatic heterocycles. The quantitative estimate of drug-likeness (QED) is 0.725. The summed E-state index contributed by atoms with van der Waals surface area (Å²) in [5, 5.41) is 8.90. The van der Waals surface area contributed by atoms with Crippen LogP contribution in [0.3, 0.4) is 0 Å². The van der Waals surface area contributed by atoms with Crippen LogP contribution in [0.5, 0.6) is 0 Å². The monoisotopic (exact) mass is 192 g/mol. The maximum Gasteiger partial charge on any atom is 0.120 e. The fourth-order valence-electron chi connectivity index (χ4n) is 1.72. The summed E-state index contributed by atoms with van der Waals surface area (Å²) < 4.78 is 0. The second kappa shape index (κ2) is 5.55. The van der Waals surface area contributed by atoms with Crippen LogP contribution in [0.15, 0.2) is 24.3 Å². The first-order chi connectivity index (χ1) is 6.79. The van der Waals surface area contributed by atoms with E-state index in [9.17, 15) is 4.79 Å². The Hall–Kier alpha value is -1.15. The molecule has 1 rings (SSSR count). The van der Waals surface area contributed by atoms with Gasteiger partial charge in [0.2, 0.25) is 0 Å². The number of aldehydes is 1. The minimum Gasteiger partial charge on any atom is -0.396 e. The van der Waals surface area contributed by atoms with Gasteiger partial charge in [-0.3, -0.25) is 0 Å². The Morgan fingerprint density at radius 3 is 2.71 bits per heavy atom. The van der Waals surface area contributed by atoms with Crippen molar-refractivity contribution in [2.45, 2.75) is 25.7 Å². The summed E-state index contributed by atoms with van der Waals surface area (Å²) >= 11 is 0. The predicted octanol–water partition coefficient (Wildman–Crippen LogP) is 2.05. The van der Waals surface area contributed by atoms with Crippen LogP contribution in [0, 0.1) is 6.92 Å². The van der Waals surface area contributed by atoms with Crippen molar-refractivity contribution in [3.63, 3.8) is 0 Å². The molecule has 1 atom stereocenters. The highest BCUT2D eigenvalue weighted by Crippen LogP contribution is 2.24. The van der Waals surface area contributed by atoms with Crippen molar-refractivity contribution in [2.75, 3.05) is 6.61 Å². The molecule has 1 aromatic carbocycles. The van der Waals surface area contributed by atoms with E-state index in [-0.39, 0.29) is 12.5 Å². The van der Waals surface area contributed by atoms with Crippen LogP contribution in [0.2, 0.25) is 0 Å². The highest BCUT2D eigenvalue weighted by molar-refractivity contribution is 5.52. The van der Waals surface area contributed by atoms with Crippen LogP contribution in [0.4, 0.5) is 0 Å². The number of hydrogen-bond acceptors (Lipinski definition) is 2. The van der Waals surface area contributed by atoms with Crippen LogP contribution < -0.4 is 0 Å². The molecule has 0 amide bonds. The van der Waals surface area contributed by atoms with Crippen LogP contribution >= 0.6 is 0 Å². The number of hydrogen-bond donors (Lipinski definition) is 1. The van der Waals surface area contributed by atoms with Crippen LogP contribution in [0.25, 0.3) is 0 Å². The molecule has 0 fully saturated rings. The fraction of sp³-hybridized carbons (Fsp3) is 0.417. The van der Waals surface area contributed by atoms with E-state index in [4.69, 9.17) is 5.11 Å². The average Bonchev–Trinajstić information content (AvgIpc) is 2.18. The summed E-state index contributed by atoms with van der Waals surface area (Å²) in [6.45, 7) is 2.16. The van der Waals surface area contributed by atoms with Crippen molar-refractivity contribution in [1.29, 1.82) is 0 Å². The zero-order chi connectivity index (χ0) is 10.4. The summed E-state index contributed by atoms with van der Waals surface area (Å²) in [5.41, 5.74) is 2.36. The molecule has 1 aromatic rings. The molecule has 0 saturated carbocycles. The Morgan fingerprint density at radius 1 is 1.43 bits per heavy atom. The molecule has 0 aliphatic carbocycles. The highest BCUT2D eigenvalue weighted by atomic mass is 16.3. The lowest BCUT2D eigenvalue weighted by atomic mass is 9.90. The Balaban J connectivity index is 2.86. The average molecular weight is 192 g/mol. The second-order valence-corrected chi connectivity index (χ2v) is 3.47. The van der Waals surface area contributed by atoms with Gasteiger partial charge >= 0.3 is 0 Å². The van der Waals surface area contributed by atoms with E-state index in [1.165, 1.54) is 11.1 Å². The Morgan fingerprint density at radius 2 is 2.14 bits per heavy atom. The Bertz CT molecular complexity index is 294. The molecule has 0 aliphatic rings. The molecule has 2 nitrogen and oxygen atoms in total. The van der Waals surface area contributed by atoms with Gasteiger partial charge in [0.15, 0.2) is 0 Å². The van der Waals surface area contributed by atoms with E-state index in [1.54, 1.807) is 0 Å². The largest absolute Gasteiger partial charge is 0.396 e. The molecule has 0 aromatic heterocycles. The van der Waals surface area contributed by atoms with Crippen molar-refractivity contribution in [2.24, 2.45) is 0 Å². The third-order valence-corrected chi connectivity index (χ3v) is 2.49. The fourth-order valence-corrected chi connectivity index (χ4v) is 1.72. The molecule has 0 spiro atoms. The van der Waals surface area contributed by atoms with Gasteiger partial charge in [-0.2, -0.15) is 0 Å². The van der Waals surface area contributed by atoms with E-state index >= 15 is 0 Å². The molecule has 76 valence electrons. The van der Waals surface area contributed by atoms with E-state index in [1.807, 2.05) is 31.2 Å². The van der Waals surface area contributed by atoms with Gasteiger partial charge in [-0.05, 0) is 30.4 Å². The first-order valence-corrected chi connectivity index (χ1v) is 4.89. The molecule has 0 radical (unpaired) electrons. The van der Waals surface area contributed by atoms with Gasteiger partial charge in [-0.1, -0.05) is 24.3 Å². The maximum absolute atomic E-state index is 10.5. The first-order valence-electron chi connectivity index (χ1n) is 4.89. The number of aliphatic hydroxyl groups is 1. The summed E-state index contributed by atoms with van der Waals surface area (Å²) in [5.74, 6) is 0.165. The van der Waals surface area contributed by atoms with E-state index in [0.717, 1.165) is 6.29 Å². The summed E-state index contributed by atoms with van der Waals surface area (Å²) in [4.78, 5) is 10.5. The zero-order valence-corrected chi connectivity index (χ0v) is 8.44. The van der Waals surface area contributed by atoms with Gasteiger partial charge in [0.1, 0.15) is 6.29 Å². The van der Waals surface area contributed by atoms with E-state index in [0.29, 0.717) is 12.8 Å². The molecular weight excluding hydrogens is 176 g/mol. The van der Waals surface area contributed by atoms with Crippen molar-refractivity contribution in [3.8, 4) is 0 Å². The lowest BCUT2D eigenvalue weighted by Crippen LogP contribution is -2.04. The molecule has 1 unspecified atom stereocenters. The van der Waals surface area contributed by atoms with E-state index in [2.05, 4.69) is 0 Å². The number of rotatable bonds is 5. The zero-order valence-electron chi connectivity index (χ0n) is 8.44. The third kappa shape index (κ3) is 2.67. The smallest absolute Gasteiger partial charge is 0.120 e. The van der Waals surface area contributed by atoms with E-state index < -0.39 is 0 Å². The third-order valence-electron chi connectivity index (χ3n) is 2.49. The van der Waals surface area contributed by atoms with Crippen LogP contribution in [0.1, 0.15) is 29.9 Å². The number of carbonyl (C=O) groups excluding carboxylic acids is 1. The van der Waals surface area contributed by atoms with Gasteiger partial charge < -0.3 is 9.90 Å². The van der Waals surface area contributed by atoms with Gasteiger partial charge in [0, 0.05) is 13.0 Å². The van der Waals surface area contributed by atoms with Crippen LogP contribution in [-0.4, -0.2) is 18.0 Å². The van der Waals surface area contributed by atoms with Gasteiger partial charge in [-0.15, -0.1) is 0 Å². The SMILES string of the molecule is Cc1ccccc1C(CC=O)CCO. The first kappa shape index (κ1) is 10.9.